The number of aromatic hydroxyl groups is 1. The summed E-state index contributed by atoms with van der Waals surface area (Å²) in [7, 11) is 5.92. The molecule has 1 aliphatic heterocycles. The fraction of sp³-hybridized carbons (Fsp3) is 0.592. The number of hydrogen-bond acceptors (Lipinski definition) is 12. The van der Waals surface area contributed by atoms with Crippen molar-refractivity contribution in [3.8, 4) is 5.75 Å². The lowest BCUT2D eigenvalue weighted by molar-refractivity contribution is -0.147. The van der Waals surface area contributed by atoms with E-state index in [0.29, 0.717) is 49.5 Å². The minimum absolute atomic E-state index is 0.0332. The summed E-state index contributed by atoms with van der Waals surface area (Å²) in [6.07, 6.45) is 15.9. The average molecular weight is 895 g/mol. The predicted molar refractivity (Wildman–Crippen MR) is 252 cm³/mol. The van der Waals surface area contributed by atoms with Gasteiger partial charge in [-0.05, 0) is 134 Å². The number of amides is 1. The number of carbonyl (C=O) groups is 4. The second-order valence-corrected chi connectivity index (χ2v) is 16.3. The molecular weight excluding hydrogens is 817 g/mol. The number of benzene rings is 2. The maximum atomic E-state index is 12.0. The summed E-state index contributed by atoms with van der Waals surface area (Å²) >= 11 is 0. The van der Waals surface area contributed by atoms with Crippen LogP contribution in [0, 0.1) is 19.8 Å². The number of aliphatic carboxylic acids is 1. The van der Waals surface area contributed by atoms with E-state index in [0.717, 1.165) is 44.3 Å². The topological polar surface area (TPSA) is 216 Å². The van der Waals surface area contributed by atoms with E-state index in [-0.39, 0.29) is 36.6 Å². The average Bonchev–Trinajstić information content (AvgIpc) is 3.78. The molecule has 64 heavy (non-hydrogen) atoms. The number of phenols is 1. The van der Waals surface area contributed by atoms with Crippen LogP contribution in [0.1, 0.15) is 136 Å². The number of aldehydes is 2. The SMILES string of the molecule is C/C=C/c1cc(CN(C)C)ccc1C.CC.CNC(CCC(O)CNC(=O)c1ccc(O)c(C)c1)CCC(O)C(=O)O.O=CC1CCCOC1.O=CCn1cc(C2CCCCC2)nn1. The number of phenolic OH excluding ortho intramolecular Hbond substituents is 1. The predicted octanol–water partition coefficient (Wildman–Crippen LogP) is 6.64. The minimum Gasteiger partial charge on any atom is -0.508 e. The number of carbonyl (C=O) groups excluding carboxylic acids is 3. The van der Waals surface area contributed by atoms with Crippen LogP contribution in [-0.2, 0) is 32.2 Å². The third kappa shape index (κ3) is 23.8. The lowest BCUT2D eigenvalue weighted by atomic mass is 9.87. The highest BCUT2D eigenvalue weighted by Crippen LogP contribution is 2.31. The smallest absolute Gasteiger partial charge is 0.332 e. The Morgan fingerprint density at radius 2 is 1.66 bits per heavy atom. The number of carboxylic acids is 1. The summed E-state index contributed by atoms with van der Waals surface area (Å²) in [4.78, 5) is 45.2. The van der Waals surface area contributed by atoms with Gasteiger partial charge in [0.25, 0.3) is 5.91 Å². The molecule has 358 valence electrons. The number of aliphatic hydroxyl groups excluding tert-OH is 2. The Kier molecular flexibility index (Phi) is 30.1. The van der Waals surface area contributed by atoms with Crippen molar-refractivity contribution in [1.82, 2.24) is 30.5 Å². The van der Waals surface area contributed by atoms with E-state index in [1.807, 2.05) is 20.0 Å². The van der Waals surface area contributed by atoms with Gasteiger partial charge in [0.15, 0.2) is 6.10 Å². The summed E-state index contributed by atoms with van der Waals surface area (Å²) in [5, 5.41) is 51.2. The molecule has 4 atom stereocenters. The van der Waals surface area contributed by atoms with Crippen molar-refractivity contribution in [2.75, 3.05) is 40.9 Å². The number of ether oxygens (including phenoxy) is 1. The Balaban J connectivity index is 0.000000455. The molecule has 1 saturated heterocycles. The first kappa shape index (κ1) is 57.2. The van der Waals surface area contributed by atoms with Crippen molar-refractivity contribution in [2.24, 2.45) is 5.92 Å². The van der Waals surface area contributed by atoms with Crippen LogP contribution in [0.5, 0.6) is 5.75 Å². The van der Waals surface area contributed by atoms with Crippen LogP contribution >= 0.6 is 0 Å². The van der Waals surface area contributed by atoms with Crippen molar-refractivity contribution in [1.29, 1.82) is 0 Å². The Hall–Kier alpha value is -4.80. The summed E-state index contributed by atoms with van der Waals surface area (Å²) in [6.45, 7) is 12.8. The van der Waals surface area contributed by atoms with Gasteiger partial charge in [0.2, 0.25) is 0 Å². The first-order valence-electron chi connectivity index (χ1n) is 22.8. The largest absolute Gasteiger partial charge is 0.508 e. The number of hydrogen-bond donors (Lipinski definition) is 6. The van der Waals surface area contributed by atoms with Crippen LogP contribution in [0.3, 0.4) is 0 Å². The lowest BCUT2D eigenvalue weighted by Crippen LogP contribution is -2.34. The van der Waals surface area contributed by atoms with E-state index >= 15 is 0 Å². The van der Waals surface area contributed by atoms with Gasteiger partial charge in [-0.2, -0.15) is 0 Å². The number of aromatic nitrogens is 3. The van der Waals surface area contributed by atoms with Crippen molar-refractivity contribution in [3.63, 3.8) is 0 Å². The summed E-state index contributed by atoms with van der Waals surface area (Å²) in [6, 6.07) is 11.1. The quantitative estimate of drug-likeness (QED) is 0.0740. The van der Waals surface area contributed by atoms with E-state index < -0.39 is 18.2 Å². The van der Waals surface area contributed by atoms with E-state index in [1.165, 1.54) is 60.9 Å². The van der Waals surface area contributed by atoms with Crippen LogP contribution in [0.15, 0.2) is 48.7 Å². The summed E-state index contributed by atoms with van der Waals surface area (Å²) < 4.78 is 6.65. The van der Waals surface area contributed by atoms with Gasteiger partial charge in [-0.25, -0.2) is 9.48 Å². The molecule has 3 aromatic rings. The van der Waals surface area contributed by atoms with Gasteiger partial charge in [0.05, 0.1) is 24.9 Å². The number of aliphatic hydroxyl groups is 2. The number of allylic oxidation sites excluding steroid dienone is 1. The van der Waals surface area contributed by atoms with Crippen molar-refractivity contribution >= 4 is 30.5 Å². The molecule has 6 N–H and O–H groups in total. The standard InChI is InChI=1S/C18H28N2O6.C13H19N.C10H15N3O.C6H10O2.C2H6/c1-11-9-12(3-7-15(11)22)17(24)20-10-14(21)6-4-13(19-2)5-8-16(23)18(25)26;1-5-6-13-9-12(10-14(3)4)8-7-11(13)2;14-7-6-13-8-10(11-12-13)9-4-2-1-3-5-9;7-4-6-2-1-3-8-5-6;1-2/h3,7,9,13-14,16,19,21-23H,4-6,8,10H2,1-2H3,(H,20,24)(H,25,26);5-9H,10H2,1-4H3;7-9H,1-6H2;4,6H,1-3,5H2;1-2H3/b;6-5+;;;. The number of nitrogens with zero attached hydrogens (tertiary/aromatic N) is 4. The van der Waals surface area contributed by atoms with Gasteiger partial charge in [0.1, 0.15) is 18.3 Å². The monoisotopic (exact) mass is 895 g/mol. The second-order valence-electron chi connectivity index (χ2n) is 16.3. The molecule has 2 aromatic carbocycles. The van der Waals surface area contributed by atoms with Crippen LogP contribution in [-0.4, -0.2) is 124 Å². The minimum atomic E-state index is -1.39. The van der Waals surface area contributed by atoms with Crippen molar-refractivity contribution < 1.29 is 44.3 Å². The maximum Gasteiger partial charge on any atom is 0.332 e. The Labute approximate surface area is 381 Å². The van der Waals surface area contributed by atoms with Gasteiger partial charge in [-0.1, -0.05) is 68.7 Å². The molecule has 4 unspecified atom stereocenters. The van der Waals surface area contributed by atoms with Crippen LogP contribution in [0.4, 0.5) is 0 Å². The van der Waals surface area contributed by atoms with Gasteiger partial charge in [0, 0.05) is 49.3 Å². The normalized spacial score (nSPS) is 16.2. The summed E-state index contributed by atoms with van der Waals surface area (Å²) in [5.41, 5.74) is 6.10. The Morgan fingerprint density at radius 3 is 2.22 bits per heavy atom. The molecule has 1 saturated carbocycles. The number of nitrogens with one attached hydrogen (secondary N) is 2. The van der Waals surface area contributed by atoms with Crippen LogP contribution in [0.25, 0.3) is 6.08 Å². The molecule has 2 aliphatic rings. The molecule has 0 spiro atoms. The zero-order chi connectivity index (χ0) is 47.9. The highest BCUT2D eigenvalue weighted by molar-refractivity contribution is 5.94. The van der Waals surface area contributed by atoms with Crippen molar-refractivity contribution in [2.45, 2.75) is 143 Å². The molecule has 1 aromatic heterocycles. The van der Waals surface area contributed by atoms with E-state index in [4.69, 9.17) is 9.84 Å². The second kappa shape index (κ2) is 33.7. The zero-order valence-corrected chi connectivity index (χ0v) is 39.7. The van der Waals surface area contributed by atoms with Gasteiger partial charge in [-0.3, -0.25) is 4.79 Å². The first-order valence-corrected chi connectivity index (χ1v) is 22.8. The molecule has 2 heterocycles. The molecular formula is C49H78N6O9. The highest BCUT2D eigenvalue weighted by Gasteiger charge is 2.19. The third-order valence-corrected chi connectivity index (χ3v) is 10.7. The zero-order valence-electron chi connectivity index (χ0n) is 39.7. The first-order chi connectivity index (χ1) is 30.7. The van der Waals surface area contributed by atoms with E-state index in [2.05, 4.69) is 84.1 Å². The molecule has 2 fully saturated rings. The fourth-order valence-electron chi connectivity index (χ4n) is 6.97. The molecule has 5 rings (SSSR count). The molecule has 0 bridgehead atoms. The van der Waals surface area contributed by atoms with Gasteiger partial charge in [-0.15, -0.1) is 5.10 Å². The van der Waals surface area contributed by atoms with E-state index in [9.17, 15) is 34.5 Å². The number of rotatable bonds is 18. The fourth-order valence-corrected chi connectivity index (χ4v) is 6.97. The Morgan fingerprint density at radius 1 is 0.953 bits per heavy atom. The molecule has 15 nitrogen and oxygen atoms in total. The number of aryl methyl sites for hydroxylation is 2. The van der Waals surface area contributed by atoms with Crippen LogP contribution in [0.2, 0.25) is 0 Å². The van der Waals surface area contributed by atoms with E-state index in [1.54, 1.807) is 24.7 Å². The van der Waals surface area contributed by atoms with Gasteiger partial charge >= 0.3 is 5.97 Å². The molecule has 0 radical (unpaired) electrons. The van der Waals surface area contributed by atoms with Crippen molar-refractivity contribution in [3.05, 3.63) is 82.2 Å². The van der Waals surface area contributed by atoms with Crippen LogP contribution < -0.4 is 10.6 Å². The summed E-state index contributed by atoms with van der Waals surface area (Å²) in [5.74, 6) is -0.699. The third-order valence-electron chi connectivity index (χ3n) is 10.7. The number of carboxylic acid groups (broad SMARTS) is 1. The van der Waals surface area contributed by atoms with Gasteiger partial charge < -0.3 is 50.3 Å². The molecule has 15 heteroatoms. The molecule has 1 amide bonds. The highest BCUT2D eigenvalue weighted by atomic mass is 16.5. The maximum absolute atomic E-state index is 12.0. The Bertz CT molecular complexity index is 1790. The molecule has 1 aliphatic carbocycles. The lowest BCUT2D eigenvalue weighted by Gasteiger charge is -2.19.